The van der Waals surface area contributed by atoms with E-state index in [2.05, 4.69) is 47.6 Å². The molecule has 1 aliphatic carbocycles. The largest absolute Gasteiger partial charge is 0.382 e. The summed E-state index contributed by atoms with van der Waals surface area (Å²) in [4.78, 5) is 0. The van der Waals surface area contributed by atoms with E-state index in [0.717, 1.165) is 17.4 Å². The normalized spacial score (nSPS) is 28.4. The molecule has 2 aromatic rings. The van der Waals surface area contributed by atoms with Gasteiger partial charge in [-0.05, 0) is 36.5 Å². The maximum Gasteiger partial charge on any atom is 0.0670 e. The smallest absolute Gasteiger partial charge is 0.0670 e. The molecule has 3 heteroatoms. The lowest BCUT2D eigenvalue weighted by Gasteiger charge is -2.35. The number of aromatic amines is 1. The van der Waals surface area contributed by atoms with E-state index in [0.29, 0.717) is 6.04 Å². The molecule has 1 aromatic carbocycles. The third-order valence-corrected chi connectivity index (χ3v) is 4.50. The highest BCUT2D eigenvalue weighted by Crippen LogP contribution is 2.31. The molecule has 0 aliphatic heterocycles. The first-order valence-corrected chi connectivity index (χ1v) is 6.94. The van der Waals surface area contributed by atoms with Gasteiger partial charge in [0, 0.05) is 17.1 Å². The van der Waals surface area contributed by atoms with Crippen LogP contribution in [0.2, 0.25) is 0 Å². The van der Waals surface area contributed by atoms with Crippen molar-refractivity contribution in [2.45, 2.75) is 39.2 Å². The Hall–Kier alpha value is -1.51. The van der Waals surface area contributed by atoms with Gasteiger partial charge in [-0.2, -0.15) is 5.10 Å². The second-order valence-corrected chi connectivity index (χ2v) is 5.69. The first-order chi connectivity index (χ1) is 8.74. The minimum Gasteiger partial charge on any atom is -0.382 e. The molecular formula is C15H21N3. The van der Waals surface area contributed by atoms with Crippen LogP contribution in [0, 0.1) is 11.8 Å². The van der Waals surface area contributed by atoms with Crippen LogP contribution < -0.4 is 5.32 Å². The molecule has 0 saturated heterocycles. The number of hydrogen-bond donors (Lipinski definition) is 2. The number of fused-ring (bicyclic) bond motifs is 1. The molecule has 1 aromatic heterocycles. The van der Waals surface area contributed by atoms with Crippen LogP contribution in [0.3, 0.4) is 0 Å². The Morgan fingerprint density at radius 2 is 2.17 bits per heavy atom. The standard InChI is InChI=1S/C15H21N3/c1-10-4-3-5-14(11(10)2)17-13-7-6-12-9-16-18-15(12)8-13/h6-11,14,17H,3-5H2,1-2H3,(H,16,18). The Labute approximate surface area is 108 Å². The van der Waals surface area contributed by atoms with Crippen LogP contribution in [0.1, 0.15) is 33.1 Å². The predicted octanol–water partition coefficient (Wildman–Crippen LogP) is 3.80. The van der Waals surface area contributed by atoms with Gasteiger partial charge in [-0.25, -0.2) is 0 Å². The lowest BCUT2D eigenvalue weighted by molar-refractivity contribution is 0.253. The fraction of sp³-hybridized carbons (Fsp3) is 0.533. The fourth-order valence-corrected chi connectivity index (χ4v) is 3.03. The second-order valence-electron chi connectivity index (χ2n) is 5.69. The summed E-state index contributed by atoms with van der Waals surface area (Å²) in [5.41, 5.74) is 2.31. The molecule has 96 valence electrons. The Morgan fingerprint density at radius 1 is 1.28 bits per heavy atom. The summed E-state index contributed by atoms with van der Waals surface area (Å²) in [6.45, 7) is 4.74. The van der Waals surface area contributed by atoms with Crippen LogP contribution in [0.5, 0.6) is 0 Å². The van der Waals surface area contributed by atoms with E-state index in [1.807, 2.05) is 6.20 Å². The molecule has 3 unspecified atom stereocenters. The Kier molecular flexibility index (Phi) is 2.98. The number of hydrogen-bond acceptors (Lipinski definition) is 2. The van der Waals surface area contributed by atoms with Crippen molar-refractivity contribution in [1.82, 2.24) is 10.2 Å². The molecule has 3 rings (SSSR count). The third kappa shape index (κ3) is 2.09. The monoisotopic (exact) mass is 243 g/mol. The summed E-state index contributed by atoms with van der Waals surface area (Å²) in [6, 6.07) is 7.05. The van der Waals surface area contributed by atoms with E-state index in [-0.39, 0.29) is 0 Å². The highest BCUT2D eigenvalue weighted by molar-refractivity contribution is 5.81. The van der Waals surface area contributed by atoms with Crippen molar-refractivity contribution in [3.05, 3.63) is 24.4 Å². The van der Waals surface area contributed by atoms with Crippen molar-refractivity contribution in [3.63, 3.8) is 0 Å². The number of aromatic nitrogens is 2. The van der Waals surface area contributed by atoms with Crippen LogP contribution in [0.25, 0.3) is 10.9 Å². The summed E-state index contributed by atoms with van der Waals surface area (Å²) in [7, 11) is 0. The first-order valence-electron chi connectivity index (χ1n) is 6.94. The summed E-state index contributed by atoms with van der Waals surface area (Å²) in [5, 5.41) is 12.0. The van der Waals surface area contributed by atoms with Crippen molar-refractivity contribution in [3.8, 4) is 0 Å². The van der Waals surface area contributed by atoms with Crippen molar-refractivity contribution in [2.75, 3.05) is 5.32 Å². The fourth-order valence-electron chi connectivity index (χ4n) is 3.03. The van der Waals surface area contributed by atoms with E-state index in [4.69, 9.17) is 0 Å². The van der Waals surface area contributed by atoms with E-state index < -0.39 is 0 Å². The number of H-pyrrole nitrogens is 1. The molecule has 2 N–H and O–H groups in total. The SMILES string of the molecule is CC1CCCC(Nc2ccc3cn[nH]c3c2)C1C. The lowest BCUT2D eigenvalue weighted by atomic mass is 9.78. The van der Waals surface area contributed by atoms with Gasteiger partial charge in [-0.3, -0.25) is 5.10 Å². The molecule has 0 spiro atoms. The third-order valence-electron chi connectivity index (χ3n) is 4.50. The van der Waals surface area contributed by atoms with Gasteiger partial charge in [-0.1, -0.05) is 26.7 Å². The highest BCUT2D eigenvalue weighted by Gasteiger charge is 2.26. The minimum absolute atomic E-state index is 0.606. The van der Waals surface area contributed by atoms with Gasteiger partial charge in [-0.15, -0.1) is 0 Å². The average Bonchev–Trinajstić information content (AvgIpc) is 2.82. The van der Waals surface area contributed by atoms with Gasteiger partial charge in [0.15, 0.2) is 0 Å². The van der Waals surface area contributed by atoms with Crippen LogP contribution in [0.4, 0.5) is 5.69 Å². The van der Waals surface area contributed by atoms with Crippen molar-refractivity contribution in [1.29, 1.82) is 0 Å². The lowest BCUT2D eigenvalue weighted by Crippen LogP contribution is -2.34. The van der Waals surface area contributed by atoms with Crippen molar-refractivity contribution >= 4 is 16.6 Å². The summed E-state index contributed by atoms with van der Waals surface area (Å²) in [6.07, 6.45) is 5.87. The average molecular weight is 243 g/mol. The number of anilines is 1. The van der Waals surface area contributed by atoms with Crippen LogP contribution in [0.15, 0.2) is 24.4 Å². The number of benzene rings is 1. The number of rotatable bonds is 2. The van der Waals surface area contributed by atoms with Gasteiger partial charge in [0.25, 0.3) is 0 Å². The minimum atomic E-state index is 0.606. The van der Waals surface area contributed by atoms with Crippen molar-refractivity contribution < 1.29 is 0 Å². The van der Waals surface area contributed by atoms with Gasteiger partial charge in [0.2, 0.25) is 0 Å². The first kappa shape index (κ1) is 11.6. The molecule has 1 aliphatic rings. The van der Waals surface area contributed by atoms with E-state index >= 15 is 0 Å². The Bertz CT molecular complexity index is 531. The highest BCUT2D eigenvalue weighted by atomic mass is 15.1. The van der Waals surface area contributed by atoms with Crippen LogP contribution in [-0.2, 0) is 0 Å². The van der Waals surface area contributed by atoms with Crippen LogP contribution in [-0.4, -0.2) is 16.2 Å². The molecule has 0 amide bonds. The van der Waals surface area contributed by atoms with Gasteiger partial charge >= 0.3 is 0 Å². The molecule has 1 saturated carbocycles. The number of nitrogens with zero attached hydrogens (tertiary/aromatic N) is 1. The quantitative estimate of drug-likeness (QED) is 0.842. The van der Waals surface area contributed by atoms with Gasteiger partial charge < -0.3 is 5.32 Å². The number of nitrogens with one attached hydrogen (secondary N) is 2. The molecule has 0 radical (unpaired) electrons. The molecule has 3 atom stereocenters. The van der Waals surface area contributed by atoms with Crippen LogP contribution >= 0.6 is 0 Å². The topological polar surface area (TPSA) is 40.7 Å². The second kappa shape index (κ2) is 4.63. The summed E-state index contributed by atoms with van der Waals surface area (Å²) in [5.74, 6) is 1.57. The van der Waals surface area contributed by atoms with E-state index in [1.54, 1.807) is 0 Å². The Morgan fingerprint density at radius 3 is 3.06 bits per heavy atom. The Balaban J connectivity index is 1.78. The zero-order chi connectivity index (χ0) is 12.5. The van der Waals surface area contributed by atoms with Crippen molar-refractivity contribution in [2.24, 2.45) is 11.8 Å². The van der Waals surface area contributed by atoms with E-state index in [1.165, 1.54) is 30.3 Å². The molecule has 18 heavy (non-hydrogen) atoms. The maximum atomic E-state index is 4.06. The zero-order valence-corrected chi connectivity index (χ0v) is 11.1. The van der Waals surface area contributed by atoms with Gasteiger partial charge in [0.05, 0.1) is 11.7 Å². The summed E-state index contributed by atoms with van der Waals surface area (Å²) >= 11 is 0. The molecule has 1 heterocycles. The molecule has 0 bridgehead atoms. The molecular weight excluding hydrogens is 222 g/mol. The predicted molar refractivity (Wildman–Crippen MR) is 75.7 cm³/mol. The maximum absolute atomic E-state index is 4.06. The van der Waals surface area contributed by atoms with E-state index in [9.17, 15) is 0 Å². The summed E-state index contributed by atoms with van der Waals surface area (Å²) < 4.78 is 0. The zero-order valence-electron chi connectivity index (χ0n) is 11.1. The van der Waals surface area contributed by atoms with Gasteiger partial charge in [0.1, 0.15) is 0 Å². The molecule has 1 fully saturated rings. The molecule has 3 nitrogen and oxygen atoms in total.